The van der Waals surface area contributed by atoms with E-state index in [4.69, 9.17) is 4.74 Å². The molecule has 0 aromatic rings. The van der Waals surface area contributed by atoms with Crippen molar-refractivity contribution in [2.45, 2.75) is 12.6 Å². The van der Waals surface area contributed by atoms with E-state index in [1.54, 1.807) is 0 Å². The molecule has 0 amide bonds. The molecule has 1 fully saturated rings. The molecule has 3 nitrogen and oxygen atoms in total. The first-order valence-corrected chi connectivity index (χ1v) is 1.70. The van der Waals surface area contributed by atoms with Gasteiger partial charge in [-0.3, -0.25) is 0 Å². The van der Waals surface area contributed by atoms with Crippen molar-refractivity contribution in [3.05, 3.63) is 0 Å². The smallest absolute Gasteiger partial charge is 0.220 e. The van der Waals surface area contributed by atoms with Gasteiger partial charge in [-0.05, 0) is 0 Å². The highest BCUT2D eigenvalue weighted by atomic mass is 35.5. The lowest BCUT2D eigenvalue weighted by Crippen LogP contribution is -3.00. The quantitative estimate of drug-likeness (QED) is 0.342. The van der Waals surface area contributed by atoms with Crippen molar-refractivity contribution >= 4 is 0 Å². The van der Waals surface area contributed by atoms with Gasteiger partial charge >= 0.3 is 0 Å². The number of hydrogen-bond donors (Lipinski definition) is 2. The Bertz CT molecular complexity index is 53.2. The Balaban J connectivity index is -0.0000000833. The first-order valence-electron chi connectivity index (χ1n) is 1.70. The van der Waals surface area contributed by atoms with E-state index in [-0.39, 0.29) is 36.7 Å². The van der Waals surface area contributed by atoms with E-state index in [1.165, 1.54) is 0 Å². The van der Waals surface area contributed by atoms with Crippen LogP contribution in [-0.2, 0) is 4.74 Å². The first-order chi connectivity index (χ1) is 2.21. The maximum Gasteiger partial charge on any atom is 0.220 e. The van der Waals surface area contributed by atoms with E-state index < -0.39 is 0 Å². The highest BCUT2D eigenvalue weighted by Crippen LogP contribution is 2.13. The summed E-state index contributed by atoms with van der Waals surface area (Å²) >= 11 is 0. The molecule has 0 saturated carbocycles. The average molecular weight is 163 g/mol. The Morgan fingerprint density at radius 1 is 1.50 bits per heavy atom. The molecular weight excluding hydrogens is 151 g/mol. The zero-order valence-electron chi connectivity index (χ0n) is 5.08. The van der Waals surface area contributed by atoms with Crippen molar-refractivity contribution in [2.75, 3.05) is 6.61 Å². The minimum absolute atomic E-state index is 0. The molecule has 1 heterocycles. The van der Waals surface area contributed by atoms with Crippen molar-refractivity contribution in [1.82, 2.24) is 6.15 Å². The Kier molecular flexibility index (Phi) is 8.59. The second kappa shape index (κ2) is 4.35. The van der Waals surface area contributed by atoms with E-state index >= 15 is 0 Å². The van der Waals surface area contributed by atoms with Gasteiger partial charge in [0, 0.05) is 6.92 Å². The molecule has 0 spiro atoms. The Morgan fingerprint density at radius 2 is 1.62 bits per heavy atom. The fourth-order valence-corrected chi connectivity index (χ4v) is 0.123. The SMILES string of the molecule is CC1([NH3+])CO1.[Cl-].[Cl-].[NH4+]. The third kappa shape index (κ3) is 6.46. The summed E-state index contributed by atoms with van der Waals surface area (Å²) in [6.07, 6.45) is 0. The van der Waals surface area contributed by atoms with Crippen LogP contribution in [0.15, 0.2) is 0 Å². The van der Waals surface area contributed by atoms with E-state index in [9.17, 15) is 0 Å². The summed E-state index contributed by atoms with van der Waals surface area (Å²) in [5, 5.41) is 0. The fraction of sp³-hybridized carbons (Fsp3) is 1.00. The van der Waals surface area contributed by atoms with Crippen LogP contribution in [0.2, 0.25) is 0 Å². The second-order valence-corrected chi connectivity index (χ2v) is 1.74. The highest BCUT2D eigenvalue weighted by molar-refractivity contribution is 4.68. The maximum atomic E-state index is 4.78. The van der Waals surface area contributed by atoms with Crippen molar-refractivity contribution in [3.63, 3.8) is 0 Å². The molecule has 0 radical (unpaired) electrons. The highest BCUT2D eigenvalue weighted by Gasteiger charge is 2.38. The van der Waals surface area contributed by atoms with Crippen LogP contribution in [-0.4, -0.2) is 12.3 Å². The van der Waals surface area contributed by atoms with Gasteiger partial charge < -0.3 is 41.4 Å². The van der Waals surface area contributed by atoms with E-state index in [1.807, 2.05) is 6.92 Å². The normalized spacial score (nSPS) is 30.8. The van der Waals surface area contributed by atoms with Crippen LogP contribution in [0.4, 0.5) is 0 Å². The van der Waals surface area contributed by atoms with Crippen LogP contribution < -0.4 is 36.7 Å². The molecule has 1 rings (SSSR count). The van der Waals surface area contributed by atoms with Crippen LogP contribution >= 0.6 is 0 Å². The minimum Gasteiger partial charge on any atom is -1.00 e. The van der Waals surface area contributed by atoms with Crippen LogP contribution in [0.3, 0.4) is 0 Å². The predicted octanol–water partition coefficient (Wildman–Crippen LogP) is -6.64. The zero-order chi connectivity index (χ0) is 3.91. The Morgan fingerprint density at radius 3 is 1.62 bits per heavy atom. The molecule has 8 heavy (non-hydrogen) atoms. The first kappa shape index (κ1) is 15.8. The van der Waals surface area contributed by atoms with Crippen molar-refractivity contribution in [1.29, 1.82) is 0 Å². The molecule has 1 saturated heterocycles. The molecule has 0 aromatic carbocycles. The predicted molar refractivity (Wildman–Crippen MR) is 23.2 cm³/mol. The van der Waals surface area contributed by atoms with Gasteiger partial charge in [0.15, 0.2) is 0 Å². The number of ether oxygens (including phenoxy) is 1. The topological polar surface area (TPSA) is 76.7 Å². The molecule has 0 bridgehead atoms. The third-order valence-electron chi connectivity index (χ3n) is 0.637. The number of epoxide rings is 1. The monoisotopic (exact) mass is 162 g/mol. The van der Waals surface area contributed by atoms with Crippen LogP contribution in [0.5, 0.6) is 0 Å². The Labute approximate surface area is 61.4 Å². The summed E-state index contributed by atoms with van der Waals surface area (Å²) in [5.41, 5.74) is 3.66. The summed E-state index contributed by atoms with van der Waals surface area (Å²) in [7, 11) is 0. The molecule has 1 aliphatic rings. The van der Waals surface area contributed by atoms with Crippen molar-refractivity contribution in [2.24, 2.45) is 0 Å². The van der Waals surface area contributed by atoms with Gasteiger partial charge in [0.1, 0.15) is 6.61 Å². The van der Waals surface area contributed by atoms with Gasteiger partial charge in [0.2, 0.25) is 5.72 Å². The fourth-order valence-electron chi connectivity index (χ4n) is 0.123. The summed E-state index contributed by atoms with van der Waals surface area (Å²) in [6.45, 7) is 2.81. The van der Waals surface area contributed by atoms with Crippen LogP contribution in [0.25, 0.3) is 0 Å². The maximum absolute atomic E-state index is 4.78. The molecule has 7 N–H and O–H groups in total. The van der Waals surface area contributed by atoms with E-state index in [0.717, 1.165) is 6.61 Å². The lowest BCUT2D eigenvalue weighted by atomic mass is 10.4. The molecule has 5 heteroatoms. The van der Waals surface area contributed by atoms with Gasteiger partial charge in [-0.15, -0.1) is 0 Å². The van der Waals surface area contributed by atoms with Crippen molar-refractivity contribution in [3.8, 4) is 0 Å². The van der Waals surface area contributed by atoms with Crippen LogP contribution in [0.1, 0.15) is 6.92 Å². The molecular formula is C3H12Cl2N2O. The second-order valence-electron chi connectivity index (χ2n) is 1.74. The van der Waals surface area contributed by atoms with Gasteiger partial charge in [0.25, 0.3) is 0 Å². The van der Waals surface area contributed by atoms with Gasteiger partial charge in [-0.25, -0.2) is 0 Å². The summed E-state index contributed by atoms with van der Waals surface area (Å²) in [5.74, 6) is 0. The van der Waals surface area contributed by atoms with Gasteiger partial charge in [-0.1, -0.05) is 0 Å². The van der Waals surface area contributed by atoms with Gasteiger partial charge in [0.05, 0.1) is 0 Å². The third-order valence-corrected chi connectivity index (χ3v) is 0.637. The lowest BCUT2D eigenvalue weighted by molar-refractivity contribution is -0.462. The number of hydrogen-bond acceptors (Lipinski definition) is 1. The molecule has 0 aromatic heterocycles. The molecule has 1 aliphatic heterocycles. The molecule has 54 valence electrons. The van der Waals surface area contributed by atoms with Crippen LogP contribution in [0, 0.1) is 0 Å². The summed E-state index contributed by atoms with van der Waals surface area (Å²) in [6, 6.07) is 0. The number of rotatable bonds is 0. The minimum atomic E-state index is 0. The largest absolute Gasteiger partial charge is 1.00 e. The van der Waals surface area contributed by atoms with Crippen molar-refractivity contribution < 1.29 is 35.3 Å². The zero-order valence-corrected chi connectivity index (χ0v) is 6.59. The number of quaternary nitrogens is 2. The summed E-state index contributed by atoms with van der Waals surface area (Å²) < 4.78 is 4.78. The number of halogens is 2. The summed E-state index contributed by atoms with van der Waals surface area (Å²) in [4.78, 5) is 0. The molecule has 1 unspecified atom stereocenters. The Hall–Kier alpha value is 0.460. The van der Waals surface area contributed by atoms with Gasteiger partial charge in [-0.2, -0.15) is 0 Å². The molecule has 0 aliphatic carbocycles. The average Bonchev–Trinajstić information content (AvgIpc) is 1.76. The molecule has 1 atom stereocenters. The lowest BCUT2D eigenvalue weighted by Gasteiger charge is -1.78. The van der Waals surface area contributed by atoms with E-state index in [0.29, 0.717) is 0 Å². The standard InChI is InChI=1S/C3H7NO.2ClH.H3N/c1-3(4)2-5-3;;;/h2,4H2,1H3;2*1H;1H3. The van der Waals surface area contributed by atoms with E-state index in [2.05, 4.69) is 5.73 Å².